The van der Waals surface area contributed by atoms with E-state index in [-0.39, 0.29) is 15.2 Å². The van der Waals surface area contributed by atoms with E-state index < -0.39 is 21.9 Å². The van der Waals surface area contributed by atoms with Gasteiger partial charge < -0.3 is 4.74 Å². The zero-order valence-corrected chi connectivity index (χ0v) is 13.6. The quantitative estimate of drug-likeness (QED) is 0.633. The summed E-state index contributed by atoms with van der Waals surface area (Å²) in [6.07, 6.45) is 6.29. The van der Waals surface area contributed by atoms with Gasteiger partial charge in [0.15, 0.2) is 9.84 Å². The van der Waals surface area contributed by atoms with E-state index in [0.29, 0.717) is 6.42 Å². The van der Waals surface area contributed by atoms with Crippen molar-refractivity contribution in [2.45, 2.75) is 37.5 Å². The highest BCUT2D eigenvalue weighted by Gasteiger charge is 2.28. The maximum atomic E-state index is 12.0. The Morgan fingerprint density at radius 3 is 2.50 bits per heavy atom. The number of carbonyl (C=O) groups is 1. The molecule has 1 aromatic rings. The van der Waals surface area contributed by atoms with Gasteiger partial charge in [-0.25, -0.2) is 13.2 Å². The second-order valence-corrected chi connectivity index (χ2v) is 8.75. The lowest BCUT2D eigenvalue weighted by Crippen LogP contribution is -2.31. The first kappa shape index (κ1) is 16.7. The van der Waals surface area contributed by atoms with Crippen LogP contribution in [0.25, 0.3) is 0 Å². The van der Waals surface area contributed by atoms with Crippen LogP contribution in [0.2, 0.25) is 0 Å². The number of esters is 1. The van der Waals surface area contributed by atoms with E-state index in [9.17, 15) is 13.2 Å². The van der Waals surface area contributed by atoms with E-state index in [4.69, 9.17) is 11.2 Å². The van der Waals surface area contributed by atoms with E-state index >= 15 is 0 Å². The molecule has 1 aromatic heterocycles. The third kappa shape index (κ3) is 4.36. The predicted octanol–water partition coefficient (Wildman–Crippen LogP) is 2.75. The maximum Gasteiger partial charge on any atom is 0.339 e. The molecule has 0 amide bonds. The van der Waals surface area contributed by atoms with Crippen LogP contribution >= 0.6 is 11.3 Å². The van der Waals surface area contributed by atoms with Crippen LogP contribution in [0.4, 0.5) is 0 Å². The lowest BCUT2D eigenvalue weighted by molar-refractivity contribution is -0.000500. The molecular formula is C14H18O4S2. The predicted molar refractivity (Wildman–Crippen MR) is 79.5 cm³/mol. The molecule has 4 nitrogen and oxygen atoms in total. The summed E-state index contributed by atoms with van der Waals surface area (Å²) in [6, 6.07) is 1.33. The Balaban J connectivity index is 2.91. The van der Waals surface area contributed by atoms with Gasteiger partial charge >= 0.3 is 5.97 Å². The first-order chi connectivity index (χ1) is 9.05. The molecule has 1 atom stereocenters. The minimum Gasteiger partial charge on any atom is -0.457 e. The molecule has 0 unspecified atom stereocenters. The molecule has 0 spiro atoms. The zero-order valence-electron chi connectivity index (χ0n) is 12.0. The third-order valence-corrected chi connectivity index (χ3v) is 5.46. The Hall–Kier alpha value is -1.32. The Morgan fingerprint density at radius 2 is 2.10 bits per heavy atom. The van der Waals surface area contributed by atoms with Gasteiger partial charge in [-0.05, 0) is 11.5 Å². The fraction of sp³-hybridized carbons (Fsp3) is 0.500. The number of hydrogen-bond donors (Lipinski definition) is 0. The van der Waals surface area contributed by atoms with Gasteiger partial charge in [-0.2, -0.15) is 0 Å². The van der Waals surface area contributed by atoms with Crippen molar-refractivity contribution in [3.05, 3.63) is 17.0 Å². The van der Waals surface area contributed by atoms with Crippen LogP contribution in [0.15, 0.2) is 15.7 Å². The summed E-state index contributed by atoms with van der Waals surface area (Å²) in [7, 11) is -3.30. The molecule has 0 fully saturated rings. The van der Waals surface area contributed by atoms with E-state index in [1.807, 2.05) is 20.8 Å². The van der Waals surface area contributed by atoms with Crippen molar-refractivity contribution in [1.82, 2.24) is 0 Å². The summed E-state index contributed by atoms with van der Waals surface area (Å²) in [5, 5.41) is 1.48. The van der Waals surface area contributed by atoms with Crippen molar-refractivity contribution in [3.63, 3.8) is 0 Å². The zero-order chi connectivity index (χ0) is 15.6. The Labute approximate surface area is 124 Å². The molecule has 0 aromatic carbocycles. The molecule has 6 heteroatoms. The van der Waals surface area contributed by atoms with Gasteiger partial charge in [0.2, 0.25) is 0 Å². The molecule has 20 heavy (non-hydrogen) atoms. The van der Waals surface area contributed by atoms with Crippen molar-refractivity contribution in [2.75, 3.05) is 6.26 Å². The van der Waals surface area contributed by atoms with E-state index in [1.165, 1.54) is 11.4 Å². The molecule has 0 bridgehead atoms. The molecule has 0 radical (unpaired) electrons. The molecule has 0 aliphatic heterocycles. The number of terminal acetylenes is 1. The second-order valence-electron chi connectivity index (χ2n) is 5.59. The summed E-state index contributed by atoms with van der Waals surface area (Å²) >= 11 is 1.00. The topological polar surface area (TPSA) is 60.4 Å². The lowest BCUT2D eigenvalue weighted by atomic mass is 9.87. The van der Waals surface area contributed by atoms with Crippen molar-refractivity contribution in [3.8, 4) is 12.3 Å². The summed E-state index contributed by atoms with van der Waals surface area (Å²) in [5.74, 6) is 1.94. The van der Waals surface area contributed by atoms with Crippen molar-refractivity contribution in [2.24, 2.45) is 5.41 Å². The van der Waals surface area contributed by atoms with Crippen molar-refractivity contribution < 1.29 is 17.9 Å². The van der Waals surface area contributed by atoms with Crippen molar-refractivity contribution in [1.29, 1.82) is 0 Å². The average Bonchev–Trinajstić information content (AvgIpc) is 2.75. The van der Waals surface area contributed by atoms with E-state index in [1.54, 1.807) is 0 Å². The SMILES string of the molecule is C#CC[C@H](OC(=O)c1csc(S(C)(=O)=O)c1)C(C)(C)C. The monoisotopic (exact) mass is 314 g/mol. The molecule has 1 rings (SSSR count). The van der Waals surface area contributed by atoms with Gasteiger partial charge in [0.05, 0.1) is 5.56 Å². The standard InChI is InChI=1S/C14H18O4S2/c1-6-7-11(14(2,3)4)18-13(15)10-8-12(19-9-10)20(5,16)17/h1,8-9,11H,7H2,2-5H3/t11-/m0/s1. The average molecular weight is 314 g/mol. The van der Waals surface area contributed by atoms with Gasteiger partial charge in [-0.15, -0.1) is 23.7 Å². The highest BCUT2D eigenvalue weighted by molar-refractivity contribution is 7.92. The Kier molecular flexibility index (Phi) is 5.00. The van der Waals surface area contributed by atoms with E-state index in [2.05, 4.69) is 5.92 Å². The Bertz CT molecular complexity index is 627. The number of sulfone groups is 1. The van der Waals surface area contributed by atoms with Gasteiger partial charge in [0, 0.05) is 18.1 Å². The molecule has 0 N–H and O–H groups in total. The van der Waals surface area contributed by atoms with Crippen LogP contribution in [-0.2, 0) is 14.6 Å². The highest BCUT2D eigenvalue weighted by Crippen LogP contribution is 2.27. The maximum absolute atomic E-state index is 12.0. The smallest absolute Gasteiger partial charge is 0.339 e. The normalized spacial score (nSPS) is 13.6. The second kappa shape index (κ2) is 5.98. The van der Waals surface area contributed by atoms with Gasteiger partial charge in [0.1, 0.15) is 10.3 Å². The summed E-state index contributed by atoms with van der Waals surface area (Å²) in [6.45, 7) is 5.79. The molecule has 110 valence electrons. The number of rotatable bonds is 4. The highest BCUT2D eigenvalue weighted by atomic mass is 32.2. The fourth-order valence-electron chi connectivity index (χ4n) is 1.45. The van der Waals surface area contributed by atoms with Crippen LogP contribution in [0.5, 0.6) is 0 Å². The minimum atomic E-state index is -3.30. The largest absolute Gasteiger partial charge is 0.457 e. The summed E-state index contributed by atoms with van der Waals surface area (Å²) in [5.41, 5.74) is -0.0424. The summed E-state index contributed by atoms with van der Waals surface area (Å²) < 4.78 is 28.3. The van der Waals surface area contributed by atoms with Crippen LogP contribution < -0.4 is 0 Å². The van der Waals surface area contributed by atoms with E-state index in [0.717, 1.165) is 17.6 Å². The minimum absolute atomic E-state index is 0.147. The molecule has 0 aliphatic rings. The number of ether oxygens (including phenoxy) is 1. The molecule has 1 heterocycles. The fourth-order valence-corrected chi connectivity index (χ4v) is 3.23. The van der Waals surface area contributed by atoms with Gasteiger partial charge in [0.25, 0.3) is 0 Å². The molecule has 0 saturated heterocycles. The Morgan fingerprint density at radius 1 is 1.50 bits per heavy atom. The molecule has 0 saturated carbocycles. The summed E-state index contributed by atoms with van der Waals surface area (Å²) in [4.78, 5) is 12.0. The van der Waals surface area contributed by atoms with Gasteiger partial charge in [-0.1, -0.05) is 20.8 Å². The number of thiophene rings is 1. The molecule has 0 aliphatic carbocycles. The van der Waals surface area contributed by atoms with Crippen LogP contribution in [0.1, 0.15) is 37.6 Å². The third-order valence-electron chi connectivity index (χ3n) is 2.70. The number of carbonyl (C=O) groups excluding carboxylic acids is 1. The van der Waals surface area contributed by atoms with Crippen LogP contribution in [0, 0.1) is 17.8 Å². The van der Waals surface area contributed by atoms with Crippen molar-refractivity contribution >= 4 is 27.1 Å². The lowest BCUT2D eigenvalue weighted by Gasteiger charge is -2.28. The first-order valence-electron chi connectivity index (χ1n) is 5.98. The van der Waals surface area contributed by atoms with Crippen LogP contribution in [-0.4, -0.2) is 26.7 Å². The first-order valence-corrected chi connectivity index (χ1v) is 8.76. The molecular weight excluding hydrogens is 296 g/mol. The van der Waals surface area contributed by atoms with Crippen LogP contribution in [0.3, 0.4) is 0 Å². The van der Waals surface area contributed by atoms with Gasteiger partial charge in [-0.3, -0.25) is 0 Å². The number of hydrogen-bond acceptors (Lipinski definition) is 5.